The minimum Gasteiger partial charge on any atom is -0.389 e. The third kappa shape index (κ3) is 2.34. The van der Waals surface area contributed by atoms with E-state index in [1.54, 1.807) is 13.8 Å². The highest BCUT2D eigenvalue weighted by Crippen LogP contribution is 1.90. The maximum absolute atomic E-state index is 10.3. The molecule has 0 saturated carbocycles. The number of ketones is 1. The van der Waals surface area contributed by atoms with Crippen LogP contribution in [0.5, 0.6) is 0 Å². The molecular weight excluding hydrogens is 94.0 g/mol. The average Bonchev–Trinajstić information content (AvgIpc) is 1.65. The third-order valence-corrected chi connectivity index (χ3v) is 0.800. The van der Waals surface area contributed by atoms with Gasteiger partial charge in [-0.2, -0.15) is 0 Å². The van der Waals surface area contributed by atoms with E-state index in [4.69, 9.17) is 5.11 Å². The maximum Gasteiger partial charge on any atom is 0.160 e. The minimum absolute atomic E-state index is 0.0231. The molecule has 0 fully saturated rings. The fourth-order valence-corrected chi connectivity index (χ4v) is 0.183. The maximum atomic E-state index is 10.3. The fraction of sp³-hybridized carbons (Fsp3) is 0.800. The summed E-state index contributed by atoms with van der Waals surface area (Å²) in [6.07, 6.45) is 0. The Morgan fingerprint density at radius 2 is 2.14 bits per heavy atom. The first-order valence-corrected chi connectivity index (χ1v) is 2.32. The van der Waals surface area contributed by atoms with Gasteiger partial charge in [0.25, 0.3) is 0 Å². The van der Waals surface area contributed by atoms with E-state index in [-0.39, 0.29) is 18.3 Å². The second-order valence-corrected chi connectivity index (χ2v) is 1.78. The van der Waals surface area contributed by atoms with Crippen molar-refractivity contribution in [1.82, 2.24) is 0 Å². The zero-order valence-corrected chi connectivity index (χ0v) is 4.64. The Bertz CT molecular complexity index is 66.5. The summed E-state index contributed by atoms with van der Waals surface area (Å²) in [5.41, 5.74) is 0. The molecule has 0 unspecified atom stereocenters. The van der Waals surface area contributed by atoms with Crippen molar-refractivity contribution < 1.29 is 9.90 Å². The number of hydrogen-bond acceptors (Lipinski definition) is 2. The van der Waals surface area contributed by atoms with Crippen LogP contribution in [-0.2, 0) is 4.79 Å². The van der Waals surface area contributed by atoms with E-state index in [0.717, 1.165) is 0 Å². The van der Waals surface area contributed by atoms with Gasteiger partial charge in [0.1, 0.15) is 6.61 Å². The summed E-state index contributed by atoms with van der Waals surface area (Å²) < 4.78 is 0. The van der Waals surface area contributed by atoms with Crippen LogP contribution in [0.1, 0.15) is 13.8 Å². The monoisotopic (exact) mass is 104 g/mol. The molecular formula is C5H10O2. The summed E-state index contributed by atoms with van der Waals surface area (Å²) in [6, 6.07) is 0. The first kappa shape index (κ1) is 6.63. The van der Waals surface area contributed by atoms with Gasteiger partial charge in [-0.1, -0.05) is 13.8 Å². The molecule has 0 aliphatic heterocycles. The van der Waals surface area contributed by atoms with Gasteiger partial charge in [0.15, 0.2) is 5.78 Å². The highest BCUT2D eigenvalue weighted by molar-refractivity contribution is 5.81. The number of aliphatic hydroxyl groups excluding tert-OH is 1. The predicted molar refractivity (Wildman–Crippen MR) is 26.9 cm³/mol. The van der Waals surface area contributed by atoms with Crippen molar-refractivity contribution in [3.63, 3.8) is 0 Å². The van der Waals surface area contributed by atoms with Gasteiger partial charge in [-0.15, -0.1) is 0 Å². The van der Waals surface area contributed by atoms with E-state index < -0.39 is 0 Å². The highest BCUT2D eigenvalue weighted by atomic mass is 16.4. The second-order valence-electron chi connectivity index (χ2n) is 1.78. The quantitative estimate of drug-likeness (QED) is 0.508. The Labute approximate surface area is 43.2 Å². The van der Waals surface area contributed by atoms with Crippen molar-refractivity contribution in [3.05, 3.63) is 0 Å². The lowest BCUT2D eigenvalue weighted by atomic mass is 10.3. The summed E-state index contributed by atoms with van der Waals surface area (Å²) in [6.45, 7) is 3.20. The molecule has 0 saturated heterocycles. The molecule has 0 atom stereocenters. The molecule has 42 valence electrons. The van der Waals surface area contributed by atoms with E-state index in [1.165, 1.54) is 0 Å². The van der Waals surface area contributed by atoms with E-state index in [1.807, 2.05) is 0 Å². The van der Waals surface area contributed by atoms with Gasteiger partial charge < -0.3 is 5.11 Å². The van der Waals surface area contributed by atoms with Crippen molar-refractivity contribution in [1.29, 1.82) is 0 Å². The minimum atomic E-state index is -0.322. The fourth-order valence-electron chi connectivity index (χ4n) is 0.183. The number of aliphatic hydroxyl groups is 1. The van der Waals surface area contributed by atoms with Crippen LogP contribution in [0, 0.1) is 5.92 Å². The molecule has 2 heteroatoms. The molecule has 0 spiro atoms. The smallest absolute Gasteiger partial charge is 0.160 e. The standard InChI is InChI=1S/C5H10O2/c1-4(2)5(7)3-6/h4,6H,3H2,1-2H3/i3+1,5+1. The zero-order valence-electron chi connectivity index (χ0n) is 4.64. The Kier molecular flexibility index (Phi) is 2.60. The lowest BCUT2D eigenvalue weighted by Crippen LogP contribution is -2.10. The molecule has 0 aliphatic rings. The molecule has 2 nitrogen and oxygen atoms in total. The molecule has 1 N–H and O–H groups in total. The summed E-state index contributed by atoms with van der Waals surface area (Å²) in [4.78, 5) is 10.3. The van der Waals surface area contributed by atoms with Gasteiger partial charge in [0, 0.05) is 5.92 Å². The first-order chi connectivity index (χ1) is 3.18. The Hall–Kier alpha value is -0.370. The normalized spacial score (nSPS) is 9.71. The molecule has 0 aliphatic carbocycles. The molecule has 0 heterocycles. The van der Waals surface area contributed by atoms with Crippen LogP contribution in [0.3, 0.4) is 0 Å². The SMILES string of the molecule is CC(C)[13C](=O)[13CH2]O. The summed E-state index contributed by atoms with van der Waals surface area (Å²) in [5.74, 6) is -0.120. The second kappa shape index (κ2) is 2.75. The van der Waals surface area contributed by atoms with E-state index in [0.29, 0.717) is 0 Å². The number of Topliss-reactive ketones (excluding diaryl/α,β-unsaturated/α-hetero) is 1. The lowest BCUT2D eigenvalue weighted by molar-refractivity contribution is -0.124. The molecule has 7 heavy (non-hydrogen) atoms. The van der Waals surface area contributed by atoms with Gasteiger partial charge >= 0.3 is 0 Å². The van der Waals surface area contributed by atoms with E-state index in [9.17, 15) is 4.79 Å². The Morgan fingerprint density at radius 3 is 2.14 bits per heavy atom. The summed E-state index contributed by atoms with van der Waals surface area (Å²) >= 11 is 0. The molecule has 0 radical (unpaired) electrons. The van der Waals surface area contributed by atoms with Gasteiger partial charge in [-0.05, 0) is 0 Å². The molecule has 0 bridgehead atoms. The van der Waals surface area contributed by atoms with Gasteiger partial charge in [0.05, 0.1) is 0 Å². The molecule has 0 rings (SSSR count). The van der Waals surface area contributed by atoms with Gasteiger partial charge in [0.2, 0.25) is 0 Å². The first-order valence-electron chi connectivity index (χ1n) is 2.32. The largest absolute Gasteiger partial charge is 0.389 e. The predicted octanol–water partition coefficient (Wildman–Crippen LogP) is 0.204. The highest BCUT2D eigenvalue weighted by Gasteiger charge is 2.02. The number of hydrogen-bond donors (Lipinski definition) is 1. The van der Waals surface area contributed by atoms with Crippen LogP contribution in [0.25, 0.3) is 0 Å². The van der Waals surface area contributed by atoms with Crippen molar-refractivity contribution in [3.8, 4) is 0 Å². The van der Waals surface area contributed by atoms with E-state index >= 15 is 0 Å². The third-order valence-electron chi connectivity index (χ3n) is 0.800. The molecule has 0 aromatic heterocycles. The van der Waals surface area contributed by atoms with Crippen molar-refractivity contribution in [2.45, 2.75) is 13.8 Å². The summed E-state index contributed by atoms with van der Waals surface area (Å²) in [5, 5.41) is 8.16. The topological polar surface area (TPSA) is 37.3 Å². The Morgan fingerprint density at radius 1 is 1.71 bits per heavy atom. The zero-order chi connectivity index (χ0) is 5.86. The van der Waals surface area contributed by atoms with Gasteiger partial charge in [-0.25, -0.2) is 0 Å². The average molecular weight is 104 g/mol. The summed E-state index contributed by atoms with van der Waals surface area (Å²) in [7, 11) is 0. The van der Waals surface area contributed by atoms with Crippen LogP contribution in [0.4, 0.5) is 0 Å². The molecule has 0 aromatic carbocycles. The van der Waals surface area contributed by atoms with Crippen LogP contribution >= 0.6 is 0 Å². The van der Waals surface area contributed by atoms with Crippen LogP contribution < -0.4 is 0 Å². The van der Waals surface area contributed by atoms with Crippen molar-refractivity contribution >= 4 is 5.78 Å². The molecule has 0 aromatic rings. The number of carbonyl (C=O) groups is 1. The Balaban J connectivity index is 3.35. The van der Waals surface area contributed by atoms with Gasteiger partial charge in [-0.3, -0.25) is 4.79 Å². The van der Waals surface area contributed by atoms with Crippen LogP contribution in [0.15, 0.2) is 0 Å². The van der Waals surface area contributed by atoms with Crippen molar-refractivity contribution in [2.75, 3.05) is 6.61 Å². The number of rotatable bonds is 2. The lowest BCUT2D eigenvalue weighted by Gasteiger charge is -1.95. The number of carbonyl (C=O) groups excluding carboxylic acids is 1. The van der Waals surface area contributed by atoms with Crippen molar-refractivity contribution in [2.24, 2.45) is 5.92 Å². The van der Waals surface area contributed by atoms with Crippen LogP contribution in [-0.4, -0.2) is 17.5 Å². The van der Waals surface area contributed by atoms with Crippen LogP contribution in [0.2, 0.25) is 0 Å². The van der Waals surface area contributed by atoms with E-state index in [2.05, 4.69) is 0 Å². The molecule has 0 amide bonds.